The van der Waals surface area contributed by atoms with Crippen molar-refractivity contribution < 1.29 is 33.3 Å². The van der Waals surface area contributed by atoms with Gasteiger partial charge in [-0.2, -0.15) is 0 Å². The molecule has 0 aromatic carbocycles. The number of carbonyl (C=O) groups is 2. The molecule has 0 bridgehead atoms. The highest BCUT2D eigenvalue weighted by molar-refractivity contribution is 5.60. The number of rotatable bonds is 15. The Bertz CT molecular complexity index is 693. The van der Waals surface area contributed by atoms with Crippen LogP contribution in [0, 0.1) is 0 Å². The third kappa shape index (κ3) is 21.1. The number of hydrogen-bond acceptors (Lipinski definition) is 7. The summed E-state index contributed by atoms with van der Waals surface area (Å²) >= 11 is 0. The maximum Gasteiger partial charge on any atom is 0.510 e. The van der Waals surface area contributed by atoms with Crippen molar-refractivity contribution in [3.63, 3.8) is 0 Å². The summed E-state index contributed by atoms with van der Waals surface area (Å²) in [5, 5.41) is 0. The second-order valence-electron chi connectivity index (χ2n) is 8.27. The van der Waals surface area contributed by atoms with Crippen molar-refractivity contribution in [1.29, 1.82) is 0 Å². The minimum absolute atomic E-state index is 0.0154. The van der Waals surface area contributed by atoms with Gasteiger partial charge >= 0.3 is 12.3 Å². The molecule has 188 valence electrons. The summed E-state index contributed by atoms with van der Waals surface area (Å²) in [6.45, 7) is 14.2. The molecule has 0 aromatic heterocycles. The Kier molecular flexibility index (Phi) is 17.5. The summed E-state index contributed by atoms with van der Waals surface area (Å²) < 4.78 is 25.2. The highest BCUT2D eigenvalue weighted by atomic mass is 16.8. The maximum absolute atomic E-state index is 11.7. The second kappa shape index (κ2) is 19.0. The lowest BCUT2D eigenvalue weighted by atomic mass is 10.1. The van der Waals surface area contributed by atoms with Gasteiger partial charge in [-0.15, -0.1) is 0 Å². The molecule has 0 aliphatic carbocycles. The maximum atomic E-state index is 11.7. The van der Waals surface area contributed by atoms with Crippen LogP contribution in [0.25, 0.3) is 0 Å². The SMILES string of the molecule is CC(C)=CCCC(C)=CCOC(=O)OCCOC(C)OC(=O)OCC=C(C)CCC=C(C)C. The van der Waals surface area contributed by atoms with Crippen molar-refractivity contribution in [2.45, 2.75) is 80.4 Å². The Morgan fingerprint density at radius 2 is 1.15 bits per heavy atom. The van der Waals surface area contributed by atoms with Crippen molar-refractivity contribution in [3.8, 4) is 0 Å². The molecular formula is C26H42O7. The van der Waals surface area contributed by atoms with Crippen LogP contribution in [-0.2, 0) is 23.7 Å². The van der Waals surface area contributed by atoms with Crippen molar-refractivity contribution in [1.82, 2.24) is 0 Å². The normalized spacial score (nSPS) is 12.5. The molecule has 0 aromatic rings. The van der Waals surface area contributed by atoms with Gasteiger partial charge in [0.1, 0.15) is 19.8 Å². The lowest BCUT2D eigenvalue weighted by Crippen LogP contribution is -2.22. The summed E-state index contributed by atoms with van der Waals surface area (Å²) in [5.41, 5.74) is 4.86. The van der Waals surface area contributed by atoms with Crippen molar-refractivity contribution in [2.75, 3.05) is 26.4 Å². The molecule has 0 aliphatic rings. The molecule has 0 heterocycles. The number of allylic oxidation sites excluding steroid dienone is 6. The third-order valence-corrected chi connectivity index (χ3v) is 4.37. The Morgan fingerprint density at radius 3 is 1.64 bits per heavy atom. The van der Waals surface area contributed by atoms with Gasteiger partial charge in [0.2, 0.25) is 6.29 Å². The van der Waals surface area contributed by atoms with Gasteiger partial charge in [-0.05, 0) is 86.3 Å². The molecule has 0 saturated heterocycles. The predicted molar refractivity (Wildman–Crippen MR) is 130 cm³/mol. The van der Waals surface area contributed by atoms with E-state index in [1.165, 1.54) is 11.1 Å². The molecule has 0 aliphatic heterocycles. The lowest BCUT2D eigenvalue weighted by molar-refractivity contribution is -0.117. The second-order valence-corrected chi connectivity index (χ2v) is 8.27. The first-order chi connectivity index (χ1) is 15.6. The van der Waals surface area contributed by atoms with Crippen LogP contribution in [0.1, 0.15) is 74.1 Å². The standard InChI is InChI=1S/C26H42O7/c1-20(2)10-8-12-22(5)14-16-30-25(27)32-19-18-29-24(7)33-26(28)31-17-15-23(6)13-9-11-21(3)4/h10-11,14-15,24H,8-9,12-13,16-19H2,1-7H3. The van der Waals surface area contributed by atoms with E-state index in [-0.39, 0.29) is 26.4 Å². The summed E-state index contributed by atoms with van der Waals surface area (Å²) in [6, 6.07) is 0. The van der Waals surface area contributed by atoms with Gasteiger partial charge in [0.15, 0.2) is 0 Å². The molecular weight excluding hydrogens is 424 g/mol. The van der Waals surface area contributed by atoms with Crippen molar-refractivity contribution in [3.05, 3.63) is 46.6 Å². The molecule has 0 radical (unpaired) electrons. The fourth-order valence-corrected chi connectivity index (χ4v) is 2.47. The average Bonchev–Trinajstić information content (AvgIpc) is 2.70. The van der Waals surface area contributed by atoms with E-state index in [2.05, 4.69) is 39.8 Å². The van der Waals surface area contributed by atoms with Gasteiger partial charge < -0.3 is 23.7 Å². The average molecular weight is 467 g/mol. The van der Waals surface area contributed by atoms with E-state index in [4.69, 9.17) is 23.7 Å². The summed E-state index contributed by atoms with van der Waals surface area (Å²) in [4.78, 5) is 23.2. The summed E-state index contributed by atoms with van der Waals surface area (Å²) in [7, 11) is 0. The summed E-state index contributed by atoms with van der Waals surface area (Å²) in [6.07, 6.45) is 9.39. The molecule has 1 unspecified atom stereocenters. The van der Waals surface area contributed by atoms with Gasteiger partial charge in [0.05, 0.1) is 6.61 Å². The van der Waals surface area contributed by atoms with E-state index < -0.39 is 18.6 Å². The Balaban J connectivity index is 3.88. The fourth-order valence-electron chi connectivity index (χ4n) is 2.47. The molecule has 0 rings (SSSR count). The van der Waals surface area contributed by atoms with Crippen LogP contribution in [0.15, 0.2) is 46.6 Å². The highest BCUT2D eigenvalue weighted by Crippen LogP contribution is 2.08. The molecule has 0 saturated carbocycles. The van der Waals surface area contributed by atoms with Crippen LogP contribution in [-0.4, -0.2) is 45.0 Å². The van der Waals surface area contributed by atoms with Gasteiger partial charge in [0, 0.05) is 0 Å². The third-order valence-electron chi connectivity index (χ3n) is 4.37. The first-order valence-electron chi connectivity index (χ1n) is 11.4. The zero-order valence-electron chi connectivity index (χ0n) is 21.4. The molecule has 0 spiro atoms. The Hall–Kier alpha value is -2.54. The molecule has 0 fully saturated rings. The zero-order valence-corrected chi connectivity index (χ0v) is 21.4. The van der Waals surface area contributed by atoms with Gasteiger partial charge in [-0.3, -0.25) is 0 Å². The minimum Gasteiger partial charge on any atom is -0.432 e. The molecule has 0 amide bonds. The topological polar surface area (TPSA) is 80.3 Å². The van der Waals surface area contributed by atoms with Gasteiger partial charge in [0.25, 0.3) is 0 Å². The number of carbonyl (C=O) groups excluding carboxylic acids is 2. The van der Waals surface area contributed by atoms with E-state index >= 15 is 0 Å². The predicted octanol–water partition coefficient (Wildman–Crippen LogP) is 7.04. The number of hydrogen-bond donors (Lipinski definition) is 0. The smallest absolute Gasteiger partial charge is 0.432 e. The monoisotopic (exact) mass is 466 g/mol. The van der Waals surface area contributed by atoms with Crippen LogP contribution < -0.4 is 0 Å². The quantitative estimate of drug-likeness (QED) is 0.111. The van der Waals surface area contributed by atoms with Gasteiger partial charge in [-0.1, -0.05) is 34.4 Å². The molecule has 0 N–H and O–H groups in total. The van der Waals surface area contributed by atoms with Crippen LogP contribution in [0.2, 0.25) is 0 Å². The van der Waals surface area contributed by atoms with E-state index in [0.29, 0.717) is 0 Å². The van der Waals surface area contributed by atoms with E-state index in [0.717, 1.165) is 36.8 Å². The first kappa shape index (κ1) is 30.5. The Labute approximate surface area is 199 Å². The lowest BCUT2D eigenvalue weighted by Gasteiger charge is -2.13. The Morgan fingerprint density at radius 1 is 0.667 bits per heavy atom. The van der Waals surface area contributed by atoms with E-state index in [1.54, 1.807) is 6.92 Å². The largest absolute Gasteiger partial charge is 0.510 e. The van der Waals surface area contributed by atoms with Crippen LogP contribution in [0.5, 0.6) is 0 Å². The molecule has 7 heteroatoms. The molecule has 33 heavy (non-hydrogen) atoms. The van der Waals surface area contributed by atoms with Crippen LogP contribution in [0.3, 0.4) is 0 Å². The zero-order chi connectivity index (χ0) is 25.1. The van der Waals surface area contributed by atoms with E-state index in [1.807, 2.05) is 26.0 Å². The first-order valence-corrected chi connectivity index (χ1v) is 11.4. The van der Waals surface area contributed by atoms with Crippen molar-refractivity contribution >= 4 is 12.3 Å². The fraction of sp³-hybridized carbons (Fsp3) is 0.615. The van der Waals surface area contributed by atoms with Crippen LogP contribution >= 0.6 is 0 Å². The van der Waals surface area contributed by atoms with Crippen LogP contribution in [0.4, 0.5) is 9.59 Å². The summed E-state index contributed by atoms with van der Waals surface area (Å²) in [5.74, 6) is 0. The van der Waals surface area contributed by atoms with Crippen molar-refractivity contribution in [2.24, 2.45) is 0 Å². The minimum atomic E-state index is -0.828. The van der Waals surface area contributed by atoms with E-state index in [9.17, 15) is 9.59 Å². The van der Waals surface area contributed by atoms with Gasteiger partial charge in [-0.25, -0.2) is 9.59 Å². The molecule has 1 atom stereocenters. The number of ether oxygens (including phenoxy) is 5. The molecule has 7 nitrogen and oxygen atoms in total. The highest BCUT2D eigenvalue weighted by Gasteiger charge is 2.11.